The van der Waals surface area contributed by atoms with E-state index < -0.39 is 11.7 Å². The van der Waals surface area contributed by atoms with Crippen molar-refractivity contribution >= 4 is 29.0 Å². The molecule has 120 valence electrons. The number of carbonyl (C=O) groups is 1. The van der Waals surface area contributed by atoms with Gasteiger partial charge in [0.2, 0.25) is 0 Å². The third-order valence-electron chi connectivity index (χ3n) is 3.49. The Labute approximate surface area is 141 Å². The van der Waals surface area contributed by atoms with Gasteiger partial charge in [0, 0.05) is 10.7 Å². The molecule has 2 aromatic carbocycles. The number of halogens is 1. The first kappa shape index (κ1) is 17.1. The van der Waals surface area contributed by atoms with Crippen LogP contribution >= 0.6 is 11.6 Å². The van der Waals surface area contributed by atoms with E-state index in [2.05, 4.69) is 11.9 Å². The fourth-order valence-electron chi connectivity index (χ4n) is 2.13. The fourth-order valence-corrected chi connectivity index (χ4v) is 2.25. The predicted octanol–water partition coefficient (Wildman–Crippen LogP) is 5.86. The molecule has 0 saturated carbocycles. The van der Waals surface area contributed by atoms with E-state index in [-0.39, 0.29) is 0 Å². The highest BCUT2D eigenvalue weighted by atomic mass is 35.5. The van der Waals surface area contributed by atoms with Crippen LogP contribution in [0.15, 0.2) is 55.1 Å². The van der Waals surface area contributed by atoms with Crippen molar-refractivity contribution in [2.45, 2.75) is 26.4 Å². The summed E-state index contributed by atoms with van der Waals surface area (Å²) in [4.78, 5) is 12.1. The smallest absolute Gasteiger partial charge is 0.412 e. The van der Waals surface area contributed by atoms with Crippen LogP contribution in [0.2, 0.25) is 5.02 Å². The minimum atomic E-state index is -0.762. The van der Waals surface area contributed by atoms with Crippen molar-refractivity contribution in [3.63, 3.8) is 0 Å². The summed E-state index contributed by atoms with van der Waals surface area (Å²) in [5, 5.41) is 3.31. The Balaban J connectivity index is 2.10. The Kier molecular flexibility index (Phi) is 5.12. The van der Waals surface area contributed by atoms with Gasteiger partial charge in [-0.25, -0.2) is 4.79 Å². The lowest BCUT2D eigenvalue weighted by Gasteiger charge is -2.26. The van der Waals surface area contributed by atoms with E-state index in [1.807, 2.05) is 45.0 Å². The van der Waals surface area contributed by atoms with Crippen LogP contribution in [0.1, 0.15) is 31.9 Å². The van der Waals surface area contributed by atoms with Gasteiger partial charge in [0.25, 0.3) is 0 Å². The van der Waals surface area contributed by atoms with Crippen LogP contribution in [0.25, 0.3) is 5.57 Å². The lowest BCUT2D eigenvalue weighted by atomic mass is 9.94. The van der Waals surface area contributed by atoms with Gasteiger partial charge in [-0.15, -0.1) is 0 Å². The van der Waals surface area contributed by atoms with E-state index in [1.54, 1.807) is 24.3 Å². The highest BCUT2D eigenvalue weighted by Crippen LogP contribution is 2.27. The van der Waals surface area contributed by atoms with Gasteiger partial charge < -0.3 is 4.74 Å². The molecule has 0 bridgehead atoms. The third kappa shape index (κ3) is 4.60. The van der Waals surface area contributed by atoms with Crippen LogP contribution in [0, 0.1) is 0 Å². The van der Waals surface area contributed by atoms with Crippen molar-refractivity contribution in [3.05, 3.63) is 71.3 Å². The monoisotopic (exact) mass is 329 g/mol. The maximum atomic E-state index is 12.1. The van der Waals surface area contributed by atoms with Gasteiger partial charge in [-0.05, 0) is 62.2 Å². The molecule has 0 aliphatic rings. The van der Waals surface area contributed by atoms with E-state index in [9.17, 15) is 4.79 Å². The minimum Gasteiger partial charge on any atom is -0.438 e. The molecule has 0 unspecified atom stereocenters. The Hall–Kier alpha value is -2.26. The Morgan fingerprint density at radius 2 is 1.83 bits per heavy atom. The zero-order valence-corrected chi connectivity index (χ0v) is 14.3. The number of benzene rings is 2. The van der Waals surface area contributed by atoms with Gasteiger partial charge in [0.1, 0.15) is 5.60 Å². The van der Waals surface area contributed by atoms with Crippen molar-refractivity contribution in [2.75, 3.05) is 5.32 Å². The number of amides is 1. The highest BCUT2D eigenvalue weighted by Gasteiger charge is 2.25. The largest absolute Gasteiger partial charge is 0.438 e. The molecule has 1 amide bonds. The average Bonchev–Trinajstić information content (AvgIpc) is 2.49. The third-order valence-corrected chi connectivity index (χ3v) is 3.74. The number of ether oxygens (including phenoxy) is 1. The summed E-state index contributed by atoms with van der Waals surface area (Å²) in [7, 11) is 0. The topological polar surface area (TPSA) is 38.3 Å². The first-order valence-corrected chi connectivity index (χ1v) is 7.68. The molecule has 0 fully saturated rings. The van der Waals surface area contributed by atoms with Crippen LogP contribution in [0.3, 0.4) is 0 Å². The normalized spacial score (nSPS) is 11.0. The van der Waals surface area contributed by atoms with Gasteiger partial charge in [-0.2, -0.15) is 0 Å². The molecule has 0 aromatic heterocycles. The molecule has 3 nitrogen and oxygen atoms in total. The quantitative estimate of drug-likeness (QED) is 0.763. The van der Waals surface area contributed by atoms with Crippen LogP contribution in [0.5, 0.6) is 0 Å². The lowest BCUT2D eigenvalue weighted by molar-refractivity contribution is 0.0466. The Morgan fingerprint density at radius 1 is 1.17 bits per heavy atom. The molecule has 0 radical (unpaired) electrons. The van der Waals surface area contributed by atoms with Crippen molar-refractivity contribution in [1.29, 1.82) is 0 Å². The summed E-state index contributed by atoms with van der Waals surface area (Å²) in [6.07, 6.45) is -0.516. The molecule has 0 atom stereocenters. The number of hydrogen-bond acceptors (Lipinski definition) is 2. The summed E-state index contributed by atoms with van der Waals surface area (Å²) in [5.41, 5.74) is 2.77. The zero-order chi connectivity index (χ0) is 17.0. The minimum absolute atomic E-state index is 0.516. The first-order chi connectivity index (χ1) is 10.8. The van der Waals surface area contributed by atoms with Crippen molar-refractivity contribution in [1.82, 2.24) is 0 Å². The van der Waals surface area contributed by atoms with Crippen molar-refractivity contribution in [3.8, 4) is 0 Å². The maximum Gasteiger partial charge on any atom is 0.412 e. The molecular weight excluding hydrogens is 310 g/mol. The Bertz CT molecular complexity index is 720. The molecule has 0 spiro atoms. The van der Waals surface area contributed by atoms with Crippen LogP contribution < -0.4 is 5.32 Å². The number of hydrogen-bond donors (Lipinski definition) is 1. The molecule has 4 heteroatoms. The van der Waals surface area contributed by atoms with Gasteiger partial charge >= 0.3 is 6.09 Å². The van der Waals surface area contributed by atoms with Crippen LogP contribution in [-0.4, -0.2) is 6.09 Å². The number of anilines is 1. The SMILES string of the molecule is C=C(C)c1cccc(C(C)(C)OC(=O)Nc2ccc(Cl)cc2)c1. The molecule has 2 aromatic rings. The molecule has 2 rings (SSSR count). The zero-order valence-electron chi connectivity index (χ0n) is 13.5. The summed E-state index contributed by atoms with van der Waals surface area (Å²) < 4.78 is 5.58. The second-order valence-electron chi connectivity index (χ2n) is 5.89. The molecule has 0 aliphatic carbocycles. The lowest BCUT2D eigenvalue weighted by Crippen LogP contribution is -2.28. The first-order valence-electron chi connectivity index (χ1n) is 7.30. The highest BCUT2D eigenvalue weighted by molar-refractivity contribution is 6.30. The number of rotatable bonds is 4. The summed E-state index contributed by atoms with van der Waals surface area (Å²) >= 11 is 5.82. The standard InChI is InChI=1S/C19H20ClNO2/c1-13(2)14-6-5-7-15(12-14)19(3,4)23-18(22)21-17-10-8-16(20)9-11-17/h5-12H,1H2,2-4H3,(H,21,22). The van der Waals surface area contributed by atoms with Crippen molar-refractivity contribution in [2.24, 2.45) is 0 Å². The van der Waals surface area contributed by atoms with Crippen LogP contribution in [-0.2, 0) is 10.3 Å². The number of nitrogens with one attached hydrogen (secondary N) is 1. The van der Waals surface area contributed by atoms with E-state index in [0.717, 1.165) is 16.7 Å². The maximum absolute atomic E-state index is 12.1. The summed E-state index contributed by atoms with van der Waals surface area (Å²) in [6.45, 7) is 9.59. The predicted molar refractivity (Wildman–Crippen MR) is 95.7 cm³/mol. The van der Waals surface area contributed by atoms with Gasteiger partial charge in [-0.3, -0.25) is 5.32 Å². The fraction of sp³-hybridized carbons (Fsp3) is 0.211. The van der Waals surface area contributed by atoms with E-state index in [4.69, 9.17) is 16.3 Å². The average molecular weight is 330 g/mol. The van der Waals surface area contributed by atoms with Crippen LogP contribution in [0.4, 0.5) is 10.5 Å². The Morgan fingerprint density at radius 3 is 2.43 bits per heavy atom. The van der Waals surface area contributed by atoms with E-state index >= 15 is 0 Å². The molecule has 0 heterocycles. The number of carbonyl (C=O) groups excluding carboxylic acids is 1. The molecular formula is C19H20ClNO2. The van der Waals surface area contributed by atoms with E-state index in [0.29, 0.717) is 10.7 Å². The molecule has 1 N–H and O–H groups in total. The molecule has 23 heavy (non-hydrogen) atoms. The van der Waals surface area contributed by atoms with Crippen molar-refractivity contribution < 1.29 is 9.53 Å². The van der Waals surface area contributed by atoms with Gasteiger partial charge in [-0.1, -0.05) is 42.0 Å². The van der Waals surface area contributed by atoms with Gasteiger partial charge in [0.15, 0.2) is 0 Å². The summed E-state index contributed by atoms with van der Waals surface area (Å²) in [6, 6.07) is 14.7. The van der Waals surface area contributed by atoms with Gasteiger partial charge in [0.05, 0.1) is 0 Å². The summed E-state index contributed by atoms with van der Waals surface area (Å²) in [5.74, 6) is 0. The molecule has 0 saturated heterocycles. The number of allylic oxidation sites excluding steroid dienone is 1. The molecule has 0 aliphatic heterocycles. The second-order valence-corrected chi connectivity index (χ2v) is 6.33. The second kappa shape index (κ2) is 6.88. The van der Waals surface area contributed by atoms with E-state index in [1.165, 1.54) is 0 Å².